The van der Waals surface area contributed by atoms with Crippen LogP contribution in [0.5, 0.6) is 0 Å². The van der Waals surface area contributed by atoms with Crippen LogP contribution in [0.4, 0.5) is 5.69 Å². The molecule has 0 radical (unpaired) electrons. The molecule has 3 aromatic carbocycles. The number of nitro groups is 1. The average molecular weight is 388 g/mol. The van der Waals surface area contributed by atoms with Gasteiger partial charge >= 0.3 is 0 Å². The van der Waals surface area contributed by atoms with Crippen molar-refractivity contribution in [2.75, 3.05) is 11.9 Å². The summed E-state index contributed by atoms with van der Waals surface area (Å²) in [5.41, 5.74) is 1.43. The molecule has 0 aliphatic rings. The van der Waals surface area contributed by atoms with Crippen LogP contribution in [-0.2, 0) is 4.79 Å². The van der Waals surface area contributed by atoms with Crippen LogP contribution in [0.25, 0.3) is 0 Å². The van der Waals surface area contributed by atoms with Crippen molar-refractivity contribution in [2.24, 2.45) is 5.92 Å². The van der Waals surface area contributed by atoms with E-state index >= 15 is 0 Å². The highest BCUT2D eigenvalue weighted by molar-refractivity contribution is 6.14. The van der Waals surface area contributed by atoms with E-state index in [1.165, 1.54) is 0 Å². The summed E-state index contributed by atoms with van der Waals surface area (Å²) in [5, 5.41) is 14.1. The van der Waals surface area contributed by atoms with Crippen LogP contribution in [0.3, 0.4) is 0 Å². The molecule has 2 atom stereocenters. The molecule has 0 saturated carbocycles. The number of anilines is 1. The Labute approximate surface area is 168 Å². The number of para-hydroxylation sites is 1. The van der Waals surface area contributed by atoms with Gasteiger partial charge < -0.3 is 5.32 Å². The molecule has 146 valence electrons. The third-order valence-electron chi connectivity index (χ3n) is 4.64. The third kappa shape index (κ3) is 5.13. The first-order valence-corrected chi connectivity index (χ1v) is 9.18. The SMILES string of the molecule is O=C(Nc1ccccc1)[C@@H](C(=O)c1ccccc1)[C@@H](C[N+](=O)[O-])c1ccccc1. The molecule has 6 nitrogen and oxygen atoms in total. The van der Waals surface area contributed by atoms with Crippen LogP contribution < -0.4 is 5.32 Å². The number of carbonyl (C=O) groups excluding carboxylic acids is 2. The van der Waals surface area contributed by atoms with E-state index < -0.39 is 35.0 Å². The summed E-state index contributed by atoms with van der Waals surface area (Å²) in [5.74, 6) is -3.16. The summed E-state index contributed by atoms with van der Waals surface area (Å²) < 4.78 is 0. The molecule has 0 aliphatic heterocycles. The largest absolute Gasteiger partial charge is 0.325 e. The zero-order valence-electron chi connectivity index (χ0n) is 15.6. The topological polar surface area (TPSA) is 89.3 Å². The Hall–Kier alpha value is -3.80. The van der Waals surface area contributed by atoms with E-state index in [0.29, 0.717) is 16.8 Å². The van der Waals surface area contributed by atoms with Crippen molar-refractivity contribution in [1.82, 2.24) is 0 Å². The number of Topliss-reactive ketones (excluding diaryl/α,β-unsaturated/α-hetero) is 1. The molecular formula is C23H20N2O4. The zero-order valence-corrected chi connectivity index (χ0v) is 15.6. The lowest BCUT2D eigenvalue weighted by atomic mass is 9.80. The Morgan fingerprint density at radius 2 is 1.34 bits per heavy atom. The van der Waals surface area contributed by atoms with Crippen LogP contribution in [0, 0.1) is 16.0 Å². The molecule has 3 rings (SSSR count). The second-order valence-electron chi connectivity index (χ2n) is 6.60. The van der Waals surface area contributed by atoms with Crippen LogP contribution in [0.1, 0.15) is 21.8 Å². The van der Waals surface area contributed by atoms with E-state index in [-0.39, 0.29) is 0 Å². The van der Waals surface area contributed by atoms with Crippen LogP contribution >= 0.6 is 0 Å². The quantitative estimate of drug-likeness (QED) is 0.271. The van der Waals surface area contributed by atoms with Gasteiger partial charge in [0, 0.05) is 16.2 Å². The van der Waals surface area contributed by atoms with Gasteiger partial charge in [-0.3, -0.25) is 19.7 Å². The second-order valence-corrected chi connectivity index (χ2v) is 6.60. The summed E-state index contributed by atoms with van der Waals surface area (Å²) in [7, 11) is 0. The normalized spacial score (nSPS) is 12.6. The van der Waals surface area contributed by atoms with E-state index in [9.17, 15) is 19.7 Å². The molecule has 0 aromatic heterocycles. The first-order chi connectivity index (χ1) is 14.1. The van der Waals surface area contributed by atoms with Crippen molar-refractivity contribution < 1.29 is 14.5 Å². The fourth-order valence-corrected chi connectivity index (χ4v) is 3.27. The maximum atomic E-state index is 13.3. The first-order valence-electron chi connectivity index (χ1n) is 9.18. The molecule has 0 spiro atoms. The van der Waals surface area contributed by atoms with Gasteiger partial charge in [0.2, 0.25) is 12.5 Å². The van der Waals surface area contributed by atoms with Crippen molar-refractivity contribution in [3.63, 3.8) is 0 Å². The Morgan fingerprint density at radius 3 is 1.90 bits per heavy atom. The van der Waals surface area contributed by atoms with Gasteiger partial charge in [-0.15, -0.1) is 0 Å². The van der Waals surface area contributed by atoms with Gasteiger partial charge in [-0.05, 0) is 17.7 Å². The molecule has 0 saturated heterocycles. The summed E-state index contributed by atoms with van der Waals surface area (Å²) in [6, 6.07) is 25.8. The summed E-state index contributed by atoms with van der Waals surface area (Å²) in [4.78, 5) is 37.4. The molecule has 0 aliphatic carbocycles. The van der Waals surface area contributed by atoms with Gasteiger partial charge in [0.1, 0.15) is 5.92 Å². The van der Waals surface area contributed by atoms with Crippen LogP contribution in [-0.4, -0.2) is 23.2 Å². The Kier molecular flexibility index (Phi) is 6.47. The lowest BCUT2D eigenvalue weighted by Crippen LogP contribution is -2.37. The van der Waals surface area contributed by atoms with E-state index in [0.717, 1.165) is 0 Å². The Balaban J connectivity index is 2.03. The van der Waals surface area contributed by atoms with E-state index in [4.69, 9.17) is 0 Å². The number of benzene rings is 3. The van der Waals surface area contributed by atoms with Gasteiger partial charge in [-0.1, -0.05) is 78.9 Å². The fraction of sp³-hybridized carbons (Fsp3) is 0.130. The summed E-state index contributed by atoms with van der Waals surface area (Å²) in [6.45, 7) is -0.532. The predicted molar refractivity (Wildman–Crippen MR) is 110 cm³/mol. The molecule has 0 bridgehead atoms. The highest BCUT2D eigenvalue weighted by Crippen LogP contribution is 2.29. The molecule has 0 heterocycles. The van der Waals surface area contributed by atoms with Gasteiger partial charge in [-0.2, -0.15) is 0 Å². The number of nitrogens with zero attached hydrogens (tertiary/aromatic N) is 1. The standard InChI is InChI=1S/C23H20N2O4/c26-22(18-12-6-2-7-13-18)21(23(27)24-19-14-8-3-9-15-19)20(16-25(28)29)17-10-4-1-5-11-17/h1-15,20-21H,16H2,(H,24,27)/t20-,21+/m0/s1. The molecule has 3 aromatic rings. The number of rotatable bonds is 8. The number of amides is 1. The van der Waals surface area contributed by atoms with Gasteiger partial charge in [0.15, 0.2) is 5.78 Å². The van der Waals surface area contributed by atoms with Crippen molar-refractivity contribution in [1.29, 1.82) is 0 Å². The summed E-state index contributed by atoms with van der Waals surface area (Å²) >= 11 is 0. The molecule has 0 fully saturated rings. The number of hydrogen-bond donors (Lipinski definition) is 1. The van der Waals surface area contributed by atoms with E-state index in [2.05, 4.69) is 5.32 Å². The Bertz CT molecular complexity index is 976. The number of hydrogen-bond acceptors (Lipinski definition) is 4. The molecule has 29 heavy (non-hydrogen) atoms. The van der Waals surface area contributed by atoms with Gasteiger partial charge in [0.05, 0.1) is 5.92 Å². The number of carbonyl (C=O) groups is 2. The minimum Gasteiger partial charge on any atom is -0.325 e. The number of ketones is 1. The maximum Gasteiger partial charge on any atom is 0.236 e. The number of nitrogens with one attached hydrogen (secondary N) is 1. The van der Waals surface area contributed by atoms with Crippen molar-refractivity contribution in [3.8, 4) is 0 Å². The molecular weight excluding hydrogens is 368 g/mol. The monoisotopic (exact) mass is 388 g/mol. The maximum absolute atomic E-state index is 13.3. The third-order valence-corrected chi connectivity index (χ3v) is 4.64. The molecule has 0 unspecified atom stereocenters. The van der Waals surface area contributed by atoms with Crippen molar-refractivity contribution >= 4 is 17.4 Å². The molecule has 1 amide bonds. The van der Waals surface area contributed by atoms with Crippen LogP contribution in [0.2, 0.25) is 0 Å². The van der Waals surface area contributed by atoms with Crippen molar-refractivity contribution in [2.45, 2.75) is 5.92 Å². The van der Waals surface area contributed by atoms with Gasteiger partial charge in [0.25, 0.3) is 0 Å². The Morgan fingerprint density at radius 1 is 0.828 bits per heavy atom. The summed E-state index contributed by atoms with van der Waals surface area (Å²) in [6.07, 6.45) is 0. The average Bonchev–Trinajstić information content (AvgIpc) is 2.75. The minimum atomic E-state index is -1.24. The lowest BCUT2D eigenvalue weighted by molar-refractivity contribution is -0.484. The molecule has 1 N–H and O–H groups in total. The predicted octanol–water partition coefficient (Wildman–Crippen LogP) is 4.18. The van der Waals surface area contributed by atoms with E-state index in [1.54, 1.807) is 84.9 Å². The smallest absolute Gasteiger partial charge is 0.236 e. The van der Waals surface area contributed by atoms with Gasteiger partial charge in [-0.25, -0.2) is 0 Å². The molecule has 6 heteroatoms. The second kappa shape index (κ2) is 9.41. The minimum absolute atomic E-state index is 0.338. The highest BCUT2D eigenvalue weighted by Gasteiger charge is 2.39. The zero-order chi connectivity index (χ0) is 20.6. The van der Waals surface area contributed by atoms with Crippen LogP contribution in [0.15, 0.2) is 91.0 Å². The van der Waals surface area contributed by atoms with E-state index in [1.807, 2.05) is 6.07 Å². The first kappa shape index (κ1) is 19.9. The van der Waals surface area contributed by atoms with Crippen molar-refractivity contribution in [3.05, 3.63) is 112 Å². The highest BCUT2D eigenvalue weighted by atomic mass is 16.6. The fourth-order valence-electron chi connectivity index (χ4n) is 3.27. The lowest BCUT2D eigenvalue weighted by Gasteiger charge is -2.23.